The molecule has 28 nitrogen and oxygen atoms in total. The van der Waals surface area contributed by atoms with E-state index in [9.17, 15) is 48.6 Å². The maximum absolute atomic E-state index is 12.0. The summed E-state index contributed by atoms with van der Waals surface area (Å²) >= 11 is 17.0. The maximum atomic E-state index is 12.0. The number of alkyl halides is 2. The molecule has 0 heterocycles. The van der Waals surface area contributed by atoms with Gasteiger partial charge in [-0.15, -0.1) is 11.6 Å². The second-order valence-corrected chi connectivity index (χ2v) is 52.8. The number of Topliss-reactive ketones (excluding diaryl/α,β-unsaturated/α-hetero) is 5. The van der Waals surface area contributed by atoms with Crippen molar-refractivity contribution in [1.29, 1.82) is 0 Å². The normalized spacial score (nSPS) is 15.7. The number of aliphatic hydroxyl groups excluding tert-OH is 4. The Bertz CT molecular complexity index is 5080. The van der Waals surface area contributed by atoms with E-state index in [1.165, 1.54) is 7.11 Å². The van der Waals surface area contributed by atoms with E-state index in [-0.39, 0.29) is 149 Å². The third kappa shape index (κ3) is 37.4. The van der Waals surface area contributed by atoms with Crippen LogP contribution in [0.4, 0.5) is 0 Å². The fourth-order valence-electron chi connectivity index (χ4n) is 16.0. The molecule has 820 valence electrons. The van der Waals surface area contributed by atoms with Gasteiger partial charge >= 0.3 is 77.0 Å². The summed E-state index contributed by atoms with van der Waals surface area (Å²) in [7, 11) is 13.2. The summed E-state index contributed by atoms with van der Waals surface area (Å²) in [5.74, 6) is 5.55. The summed E-state index contributed by atoms with van der Waals surface area (Å²) in [6, 6.07) is 53.3. The van der Waals surface area contributed by atoms with Crippen LogP contribution in [0.25, 0.3) is 0 Å². The van der Waals surface area contributed by atoms with Gasteiger partial charge in [-0.25, -0.2) is 0 Å². The number of hydrogen-bond acceptors (Lipinski definition) is 25. The van der Waals surface area contributed by atoms with Crippen LogP contribution in [0.1, 0.15) is 255 Å². The number of ether oxygens (including phenoxy) is 9. The number of aliphatic carboxylic acids is 3. The van der Waals surface area contributed by atoms with E-state index in [4.69, 9.17) is 112 Å². The van der Waals surface area contributed by atoms with Crippen LogP contribution in [0.2, 0.25) is 36.3 Å². The minimum Gasteiger partial charge on any atom is -1.00 e. The van der Waals surface area contributed by atoms with Gasteiger partial charge in [0.05, 0.1) is 126 Å². The van der Waals surface area contributed by atoms with Crippen molar-refractivity contribution in [2.75, 3.05) is 84.3 Å². The number of carbonyl (C=O) groups is 9. The molecule has 8 aromatic rings. The number of benzene rings is 8. The number of aliphatic hydroxyl groups is 4. The van der Waals surface area contributed by atoms with Crippen molar-refractivity contribution < 1.29 is 197 Å². The van der Waals surface area contributed by atoms with E-state index in [1.807, 2.05) is 121 Å². The molecule has 0 unspecified atom stereocenters. The zero-order valence-electron chi connectivity index (χ0n) is 93.4. The number of halogens is 3. The first-order valence-corrected chi connectivity index (χ1v) is 56.6. The van der Waals surface area contributed by atoms with Crippen molar-refractivity contribution in [3.8, 4) is 46.0 Å². The van der Waals surface area contributed by atoms with Gasteiger partial charge in [0.25, 0.3) is 6.47 Å². The molecule has 0 bridgehead atoms. The van der Waals surface area contributed by atoms with Crippen LogP contribution in [-0.4, -0.2) is 189 Å². The first-order chi connectivity index (χ1) is 69.3. The second-order valence-electron chi connectivity index (χ2n) is 40.2. The summed E-state index contributed by atoms with van der Waals surface area (Å²) in [5, 5.41) is 68.6. The van der Waals surface area contributed by atoms with E-state index < -0.39 is 49.9 Å². The Labute approximate surface area is 950 Å². The van der Waals surface area contributed by atoms with Gasteiger partial charge in [0.15, 0.2) is 15.7 Å². The number of hydrogen-bond donors (Lipinski definition) is 7. The van der Waals surface area contributed by atoms with Crippen LogP contribution < -0.4 is 102 Å². The summed E-state index contributed by atoms with van der Waals surface area (Å²) in [5.41, 5.74) is 8.32. The molecule has 0 spiro atoms. The molecule has 150 heavy (non-hydrogen) atoms. The molecule has 8 aliphatic carbocycles. The molecule has 8 saturated carbocycles. The molecular formula is C115H161Cl3Na2O28Si2. The molecule has 0 amide bonds. The van der Waals surface area contributed by atoms with Crippen LogP contribution in [0.15, 0.2) is 170 Å². The number of methoxy groups -OCH3 is 9. The van der Waals surface area contributed by atoms with Gasteiger partial charge in [-0.3, -0.25) is 43.2 Å². The molecule has 8 aliphatic rings. The molecule has 8 fully saturated rings. The van der Waals surface area contributed by atoms with Crippen LogP contribution in [0.5, 0.6) is 46.0 Å². The van der Waals surface area contributed by atoms with Gasteiger partial charge in [0, 0.05) is 43.6 Å². The summed E-state index contributed by atoms with van der Waals surface area (Å²) < 4.78 is 51.8. The SMILES string of the molecule is C.CC(C)(C)[Si](C)(C)Cl.CO.CO.COCCl.COc1ccc(C2(C(=O)O)CC2)cc1.COc1ccc(C2(C(=O)O)CC2)cc1.COc1ccc(C2(C(=O)O)CC2)cc1CO.COc1ccc(C2(C(C)=O)CC2)cc1.COc1ccc(C2(C(C)=O)CC2)cc1.COc1ccc(C2(C(C)=O)CC2)cc1CCl.COc1ccc(C2(C(C)=O)CC2)cc1CO.COc1ccc(C2(C(C)=O)CC2)cc1CO[Si](C)(C)C(C)(C)C.O=CO[O-].[H-].[Na+].[Na+]. The standard InChI is InChI=1S/C19H30O3Si.C13H15ClO2.C13H16O3.C12H14O4.2C12H14O2.2C11H12O3.C6H15ClSi.C2H5ClO.CH2O3.2CH4O.CH4.2Na.H/c1-14(20)19(10-11-19)16-8-9-17(21-5)15(12-16)13-22-23(6,7)18(2,3)4;2*1-9(15)13(5-6-13)11-3-4-12(16-2)10(7-11)8-14;1-16-10-3-2-9(6-8(10)7-13)12(4-5-12)11(14)15;2*1-9(13)12(7-8-12)10-3-5-11(14-2)6-4-10;2*1-14-9-4-2-8(3-5-9)11(6-7-11)10(12)13;1-6(2,3)8(4,5)7;1-4-2-3;2-1-4-3;2*1-2;;;;/h8-9,12H,10-11,13H2,1-7H3;3-4,7H,5-6,8H2,1-2H3;3-4,7,14H,5-6,8H2,1-2H3;2-3,6,13H,4-5,7H2,1H3,(H,14,15);2*3-6H,7-8H2,1-2H3;2*2-5H,6-7H2,1H3,(H,12,13);1-5H3;2H2,1H3;1,3H;2*2H,1H3;1H4;;;/q;;;;;;;;;;;;;;2*+1;-1/p-1. The Hall–Kier alpha value is -8.59. The molecular weight excluding hydrogens is 2040 g/mol. The average Bonchev–Trinajstić information content (AvgIpc) is 1.56. The fraction of sp³-hybridized carbons (Fsp3) is 0.504. The van der Waals surface area contributed by atoms with Crippen molar-refractivity contribution in [2.24, 2.45) is 0 Å². The van der Waals surface area contributed by atoms with Crippen molar-refractivity contribution in [1.82, 2.24) is 0 Å². The van der Waals surface area contributed by atoms with Crippen molar-refractivity contribution in [2.45, 2.75) is 292 Å². The molecule has 0 atom stereocenters. The van der Waals surface area contributed by atoms with Crippen LogP contribution in [0.3, 0.4) is 0 Å². The van der Waals surface area contributed by atoms with Crippen molar-refractivity contribution >= 4 is 103 Å². The Kier molecular flexibility index (Phi) is 58.4. The van der Waals surface area contributed by atoms with E-state index in [0.29, 0.717) is 53.5 Å². The molecule has 16 rings (SSSR count). The summed E-state index contributed by atoms with van der Waals surface area (Å²) in [4.78, 5) is 103. The topological polar surface area (TPSA) is 420 Å². The number of ketones is 5. The number of rotatable bonds is 32. The van der Waals surface area contributed by atoms with E-state index in [0.717, 1.165) is 200 Å². The largest absolute Gasteiger partial charge is 1.00 e. The van der Waals surface area contributed by atoms with E-state index in [1.54, 1.807) is 134 Å². The van der Waals surface area contributed by atoms with Crippen LogP contribution in [-0.2, 0) is 126 Å². The maximum Gasteiger partial charge on any atom is 1.00 e. The zero-order valence-corrected chi connectivity index (χ0v) is 101. The third-order valence-corrected chi connectivity index (χ3v) is 39.6. The first kappa shape index (κ1) is 139. The van der Waals surface area contributed by atoms with Gasteiger partial charge in [0.2, 0.25) is 0 Å². The minimum absolute atomic E-state index is 0. The Morgan fingerprint density at radius 3 is 0.693 bits per heavy atom. The molecule has 8 aromatic carbocycles. The van der Waals surface area contributed by atoms with Crippen LogP contribution in [0, 0.1) is 0 Å². The third-order valence-electron chi connectivity index (χ3n) is 29.3. The summed E-state index contributed by atoms with van der Waals surface area (Å²) in [6.45, 7) is 30.7. The summed E-state index contributed by atoms with van der Waals surface area (Å²) in [6.07, 6.45) is 13.9. The van der Waals surface area contributed by atoms with Gasteiger partial charge < -0.3 is 94.4 Å². The first-order valence-electron chi connectivity index (χ1n) is 48.6. The Morgan fingerprint density at radius 2 is 0.527 bits per heavy atom. The predicted molar refractivity (Wildman–Crippen MR) is 583 cm³/mol. The molecule has 0 aromatic heterocycles. The van der Waals surface area contributed by atoms with Gasteiger partial charge in [0.1, 0.15) is 81.0 Å². The van der Waals surface area contributed by atoms with E-state index >= 15 is 0 Å². The number of carboxylic acid groups (broad SMARTS) is 3. The molecule has 0 aliphatic heterocycles. The fourth-order valence-corrected chi connectivity index (χ4v) is 17.1. The molecule has 0 radical (unpaired) electrons. The Balaban J connectivity index is 0.00000166. The minimum atomic E-state index is -1.82. The molecule has 35 heteroatoms. The second kappa shape index (κ2) is 62.8. The molecule has 0 saturated heterocycles. The van der Waals surface area contributed by atoms with Gasteiger partial charge in [-0.1, -0.05) is 146 Å². The average molecular weight is 2200 g/mol. The number of carboxylic acids is 3. The van der Waals surface area contributed by atoms with Gasteiger partial charge in [-0.2, -0.15) is 11.1 Å². The zero-order chi connectivity index (χ0) is 111. The smallest absolute Gasteiger partial charge is 1.00 e. The van der Waals surface area contributed by atoms with Crippen LogP contribution >= 0.6 is 34.3 Å². The predicted octanol–water partition coefficient (Wildman–Crippen LogP) is 15.7. The number of carbonyl (C=O) groups excluding carboxylic acids is 6. The van der Waals surface area contributed by atoms with E-state index in [2.05, 4.69) is 83.4 Å². The van der Waals surface area contributed by atoms with Gasteiger partial charge in [-0.05, 0) is 302 Å². The van der Waals surface area contributed by atoms with Crippen molar-refractivity contribution in [3.63, 3.8) is 0 Å². The monoisotopic (exact) mass is 2200 g/mol. The quantitative estimate of drug-likeness (QED) is 0.00514. The molecule has 7 N–H and O–H groups in total. The Morgan fingerprint density at radius 1 is 0.347 bits per heavy atom. The van der Waals surface area contributed by atoms with Crippen molar-refractivity contribution in [3.05, 3.63) is 237 Å².